The number of benzene rings is 1. The molecule has 1 aliphatic heterocycles. The number of amides is 1. The summed E-state index contributed by atoms with van der Waals surface area (Å²) in [7, 11) is 0. The number of hydrogen-bond donors (Lipinski definition) is 2. The maximum absolute atomic E-state index is 13.5. The number of nitrogens with two attached hydrogens (primary N) is 1. The van der Waals surface area contributed by atoms with E-state index in [9.17, 15) is 9.18 Å². The van der Waals surface area contributed by atoms with Crippen molar-refractivity contribution in [3.63, 3.8) is 0 Å². The number of carbonyl (C=O) groups excluding carboxylic acids is 1. The highest BCUT2D eigenvalue weighted by molar-refractivity contribution is 7.99. The van der Waals surface area contributed by atoms with Crippen LogP contribution in [0.1, 0.15) is 33.5 Å². The molecule has 1 aromatic carbocycles. The van der Waals surface area contributed by atoms with E-state index in [1.165, 1.54) is 23.5 Å². The van der Waals surface area contributed by atoms with Gasteiger partial charge >= 0.3 is 0 Å². The second-order valence-electron chi connectivity index (χ2n) is 5.01. The fourth-order valence-electron chi connectivity index (χ4n) is 2.40. The molecule has 0 radical (unpaired) electrons. The molecule has 1 atom stereocenters. The smallest absolute Gasteiger partial charge is 0.271 e. The number of nitrogens with one attached hydrogen (secondary N) is 1. The SMILES string of the molecule is Cl.NCCc1nc(C(=O)NC2CCSc3ccc(F)cc32)cs1. The van der Waals surface area contributed by atoms with Crippen LogP contribution in [0.3, 0.4) is 0 Å². The molecule has 0 bridgehead atoms. The first kappa shape index (κ1) is 18.2. The molecule has 4 nitrogen and oxygen atoms in total. The van der Waals surface area contributed by atoms with Crippen molar-refractivity contribution in [1.29, 1.82) is 0 Å². The Morgan fingerprint density at radius 3 is 3.09 bits per heavy atom. The van der Waals surface area contributed by atoms with Crippen LogP contribution < -0.4 is 11.1 Å². The summed E-state index contributed by atoms with van der Waals surface area (Å²) in [5.41, 5.74) is 6.75. The van der Waals surface area contributed by atoms with Gasteiger partial charge in [-0.25, -0.2) is 9.37 Å². The highest BCUT2D eigenvalue weighted by atomic mass is 35.5. The quantitative estimate of drug-likeness (QED) is 0.863. The number of thiazole rings is 1. The molecular weight excluding hydrogens is 357 g/mol. The lowest BCUT2D eigenvalue weighted by molar-refractivity contribution is 0.0930. The predicted molar refractivity (Wildman–Crippen MR) is 94.1 cm³/mol. The third-order valence-corrected chi connectivity index (χ3v) is 5.49. The summed E-state index contributed by atoms with van der Waals surface area (Å²) in [4.78, 5) is 17.6. The van der Waals surface area contributed by atoms with E-state index in [1.54, 1.807) is 23.2 Å². The number of nitrogens with zero attached hydrogens (tertiary/aromatic N) is 1. The van der Waals surface area contributed by atoms with E-state index < -0.39 is 0 Å². The minimum atomic E-state index is -0.278. The molecule has 0 aliphatic carbocycles. The monoisotopic (exact) mass is 373 g/mol. The van der Waals surface area contributed by atoms with Crippen molar-refractivity contribution in [2.24, 2.45) is 5.73 Å². The first-order chi connectivity index (χ1) is 10.7. The Labute approximate surface area is 148 Å². The molecule has 1 aliphatic rings. The molecule has 0 saturated carbocycles. The van der Waals surface area contributed by atoms with Crippen molar-refractivity contribution in [1.82, 2.24) is 10.3 Å². The number of halogens is 2. The Hall–Kier alpha value is -1.15. The second-order valence-corrected chi connectivity index (χ2v) is 7.09. The average molecular weight is 374 g/mol. The van der Waals surface area contributed by atoms with Crippen LogP contribution in [-0.4, -0.2) is 23.2 Å². The number of thioether (sulfide) groups is 1. The molecule has 2 aromatic rings. The van der Waals surface area contributed by atoms with Gasteiger partial charge in [0.05, 0.1) is 11.0 Å². The number of fused-ring (bicyclic) bond motifs is 1. The molecule has 1 unspecified atom stereocenters. The molecule has 2 heterocycles. The number of carbonyl (C=O) groups is 1. The maximum atomic E-state index is 13.5. The molecule has 3 N–H and O–H groups in total. The van der Waals surface area contributed by atoms with Crippen molar-refractivity contribution in [3.8, 4) is 0 Å². The fraction of sp³-hybridized carbons (Fsp3) is 0.333. The molecule has 124 valence electrons. The first-order valence-corrected chi connectivity index (χ1v) is 8.91. The van der Waals surface area contributed by atoms with Crippen LogP contribution >= 0.6 is 35.5 Å². The Bertz CT molecular complexity index is 695. The van der Waals surface area contributed by atoms with Gasteiger partial charge in [0, 0.05) is 22.4 Å². The van der Waals surface area contributed by atoms with Crippen molar-refractivity contribution in [3.05, 3.63) is 45.7 Å². The van der Waals surface area contributed by atoms with E-state index in [0.717, 1.165) is 27.6 Å². The summed E-state index contributed by atoms with van der Waals surface area (Å²) < 4.78 is 13.5. The standard InChI is InChI=1S/C15H16FN3OS2.ClH/c16-9-1-2-13-10(7-9)11(4-6-21-13)19-15(20)12-8-22-14(18-12)3-5-17;/h1-2,7-8,11H,3-6,17H2,(H,19,20);1H. The maximum Gasteiger partial charge on any atom is 0.271 e. The van der Waals surface area contributed by atoms with Crippen LogP contribution in [0, 0.1) is 5.82 Å². The van der Waals surface area contributed by atoms with Crippen LogP contribution in [0.25, 0.3) is 0 Å². The van der Waals surface area contributed by atoms with E-state index in [0.29, 0.717) is 18.7 Å². The Morgan fingerprint density at radius 1 is 1.48 bits per heavy atom. The summed E-state index contributed by atoms with van der Waals surface area (Å²) >= 11 is 3.13. The molecule has 0 fully saturated rings. The van der Waals surface area contributed by atoms with Gasteiger partial charge in [-0.2, -0.15) is 0 Å². The van der Waals surface area contributed by atoms with Gasteiger partial charge in [0.1, 0.15) is 11.5 Å². The van der Waals surface area contributed by atoms with Crippen molar-refractivity contribution in [2.45, 2.75) is 23.8 Å². The molecular formula is C15H17ClFN3OS2. The van der Waals surface area contributed by atoms with Gasteiger partial charge in [-0.15, -0.1) is 35.5 Å². The van der Waals surface area contributed by atoms with Crippen LogP contribution in [-0.2, 0) is 6.42 Å². The molecule has 0 saturated heterocycles. The summed E-state index contributed by atoms with van der Waals surface area (Å²) in [5.74, 6) is 0.407. The van der Waals surface area contributed by atoms with Crippen LogP contribution in [0.2, 0.25) is 0 Å². The summed E-state index contributed by atoms with van der Waals surface area (Å²) in [6.45, 7) is 0.515. The third-order valence-electron chi connectivity index (χ3n) is 3.46. The topological polar surface area (TPSA) is 68.0 Å². The molecule has 0 spiro atoms. The Balaban J connectivity index is 0.00000192. The van der Waals surface area contributed by atoms with Gasteiger partial charge in [-0.05, 0) is 36.7 Å². The molecule has 8 heteroatoms. The third kappa shape index (κ3) is 4.23. The van der Waals surface area contributed by atoms with E-state index in [4.69, 9.17) is 5.73 Å². The van der Waals surface area contributed by atoms with E-state index in [1.807, 2.05) is 0 Å². The van der Waals surface area contributed by atoms with Crippen molar-refractivity contribution >= 4 is 41.4 Å². The van der Waals surface area contributed by atoms with Crippen LogP contribution in [0.15, 0.2) is 28.5 Å². The number of rotatable bonds is 4. The van der Waals surface area contributed by atoms with E-state index in [2.05, 4.69) is 10.3 Å². The van der Waals surface area contributed by atoms with Gasteiger partial charge in [-0.1, -0.05) is 0 Å². The molecule has 1 aromatic heterocycles. The minimum absolute atomic E-state index is 0. The fourth-order valence-corrected chi connectivity index (χ4v) is 4.30. The lowest BCUT2D eigenvalue weighted by Gasteiger charge is -2.25. The van der Waals surface area contributed by atoms with Crippen molar-refractivity contribution < 1.29 is 9.18 Å². The summed E-state index contributed by atoms with van der Waals surface area (Å²) in [6, 6.07) is 4.57. The molecule has 1 amide bonds. The predicted octanol–water partition coefficient (Wildman–Crippen LogP) is 3.17. The van der Waals surface area contributed by atoms with E-state index >= 15 is 0 Å². The normalized spacial score (nSPS) is 16.3. The lowest BCUT2D eigenvalue weighted by Crippen LogP contribution is -2.31. The van der Waals surface area contributed by atoms with Crippen LogP contribution in [0.4, 0.5) is 4.39 Å². The summed E-state index contributed by atoms with van der Waals surface area (Å²) in [6.07, 6.45) is 1.46. The van der Waals surface area contributed by atoms with E-state index in [-0.39, 0.29) is 30.2 Å². The highest BCUT2D eigenvalue weighted by Gasteiger charge is 2.24. The number of hydrogen-bond acceptors (Lipinski definition) is 5. The first-order valence-electron chi connectivity index (χ1n) is 7.05. The molecule has 23 heavy (non-hydrogen) atoms. The van der Waals surface area contributed by atoms with Gasteiger partial charge in [0.25, 0.3) is 5.91 Å². The van der Waals surface area contributed by atoms with Crippen LogP contribution in [0.5, 0.6) is 0 Å². The zero-order valence-electron chi connectivity index (χ0n) is 12.3. The Morgan fingerprint density at radius 2 is 2.30 bits per heavy atom. The van der Waals surface area contributed by atoms with Crippen molar-refractivity contribution in [2.75, 3.05) is 12.3 Å². The summed E-state index contributed by atoms with van der Waals surface area (Å²) in [5, 5.41) is 5.57. The Kier molecular flexibility index (Phi) is 6.41. The highest BCUT2D eigenvalue weighted by Crippen LogP contribution is 2.36. The molecule has 3 rings (SSSR count). The van der Waals surface area contributed by atoms with Gasteiger partial charge in [0.15, 0.2) is 0 Å². The average Bonchev–Trinajstić information content (AvgIpc) is 2.97. The van der Waals surface area contributed by atoms with Gasteiger partial charge in [0.2, 0.25) is 0 Å². The van der Waals surface area contributed by atoms with Gasteiger partial charge in [-0.3, -0.25) is 4.79 Å². The minimum Gasteiger partial charge on any atom is -0.344 e. The zero-order valence-corrected chi connectivity index (χ0v) is 14.7. The zero-order chi connectivity index (χ0) is 15.5. The largest absolute Gasteiger partial charge is 0.344 e. The number of aromatic nitrogens is 1. The van der Waals surface area contributed by atoms with Gasteiger partial charge < -0.3 is 11.1 Å². The second kappa shape index (κ2) is 8.10. The lowest BCUT2D eigenvalue weighted by atomic mass is 10.0.